The zero-order valence-electron chi connectivity index (χ0n) is 13.9. The van der Waals surface area contributed by atoms with Crippen LogP contribution in [0.25, 0.3) is 0 Å². The molecule has 0 fully saturated rings. The van der Waals surface area contributed by atoms with Crippen molar-refractivity contribution < 1.29 is 9.13 Å². The molecule has 0 bridgehead atoms. The number of nitrogens with one attached hydrogen (secondary N) is 1. The average Bonchev–Trinajstić information content (AvgIpc) is 3.06. The maximum atomic E-state index is 13.9. The monoisotopic (exact) mass is 366 g/mol. The molecule has 1 heterocycles. The summed E-state index contributed by atoms with van der Waals surface area (Å²) in [6, 6.07) is 13.5. The van der Waals surface area contributed by atoms with E-state index in [0.29, 0.717) is 11.3 Å². The van der Waals surface area contributed by atoms with Crippen LogP contribution in [0, 0.1) is 24.1 Å². The SMILES string of the molecule is Cc1csc(NN=Cc2cccc(OCc3ccc(C#N)cc3F)c2)n1. The number of nitriles is 1. The number of anilines is 1. The number of aromatic nitrogens is 1. The van der Waals surface area contributed by atoms with Crippen LogP contribution in [0.1, 0.15) is 22.4 Å². The van der Waals surface area contributed by atoms with Crippen molar-refractivity contribution in [2.75, 3.05) is 5.43 Å². The van der Waals surface area contributed by atoms with E-state index in [9.17, 15) is 4.39 Å². The molecule has 3 rings (SSSR count). The Labute approximate surface area is 154 Å². The molecule has 0 radical (unpaired) electrons. The van der Waals surface area contributed by atoms with Crippen LogP contribution in [0.2, 0.25) is 0 Å². The van der Waals surface area contributed by atoms with Gasteiger partial charge >= 0.3 is 0 Å². The Balaban J connectivity index is 1.61. The summed E-state index contributed by atoms with van der Waals surface area (Å²) in [5.74, 6) is 0.146. The topological polar surface area (TPSA) is 70.3 Å². The minimum Gasteiger partial charge on any atom is -0.489 e. The molecule has 0 aliphatic rings. The summed E-state index contributed by atoms with van der Waals surface area (Å²) in [5, 5.41) is 15.6. The summed E-state index contributed by atoms with van der Waals surface area (Å²) in [5.41, 5.74) is 5.33. The number of aryl methyl sites for hydroxylation is 1. The number of thiazole rings is 1. The molecule has 0 amide bonds. The lowest BCUT2D eigenvalue weighted by Crippen LogP contribution is -1.99. The maximum absolute atomic E-state index is 13.9. The Morgan fingerprint density at radius 1 is 1.35 bits per heavy atom. The molecule has 130 valence electrons. The second-order valence-corrected chi connectivity index (χ2v) is 6.30. The van der Waals surface area contributed by atoms with Gasteiger partial charge in [0.25, 0.3) is 0 Å². The van der Waals surface area contributed by atoms with Gasteiger partial charge in [0.2, 0.25) is 5.13 Å². The highest BCUT2D eigenvalue weighted by Crippen LogP contribution is 2.17. The van der Waals surface area contributed by atoms with Crippen LogP contribution in [0.3, 0.4) is 0 Å². The van der Waals surface area contributed by atoms with Crippen molar-refractivity contribution in [1.29, 1.82) is 5.26 Å². The summed E-state index contributed by atoms with van der Waals surface area (Å²) in [4.78, 5) is 4.26. The van der Waals surface area contributed by atoms with Gasteiger partial charge in [0, 0.05) is 10.9 Å². The van der Waals surface area contributed by atoms with Gasteiger partial charge in [-0.3, -0.25) is 5.43 Å². The lowest BCUT2D eigenvalue weighted by Gasteiger charge is -2.08. The van der Waals surface area contributed by atoms with Gasteiger partial charge in [-0.05, 0) is 36.8 Å². The summed E-state index contributed by atoms with van der Waals surface area (Å²) >= 11 is 1.48. The Morgan fingerprint density at radius 2 is 2.23 bits per heavy atom. The van der Waals surface area contributed by atoms with Crippen molar-refractivity contribution in [3.8, 4) is 11.8 Å². The number of hydrazone groups is 1. The molecule has 26 heavy (non-hydrogen) atoms. The Hall–Kier alpha value is -3.24. The van der Waals surface area contributed by atoms with Gasteiger partial charge in [-0.2, -0.15) is 10.4 Å². The van der Waals surface area contributed by atoms with Crippen LogP contribution in [0.5, 0.6) is 5.75 Å². The first-order valence-electron chi connectivity index (χ1n) is 7.76. The van der Waals surface area contributed by atoms with Crippen LogP contribution in [0.4, 0.5) is 9.52 Å². The number of nitrogens with zero attached hydrogens (tertiary/aromatic N) is 3. The molecule has 1 aromatic heterocycles. The third-order valence-corrected chi connectivity index (χ3v) is 4.29. The molecule has 2 aromatic carbocycles. The predicted octanol–water partition coefficient (Wildman–Crippen LogP) is 4.49. The van der Waals surface area contributed by atoms with Gasteiger partial charge in [0.1, 0.15) is 18.2 Å². The van der Waals surface area contributed by atoms with Crippen molar-refractivity contribution in [2.45, 2.75) is 13.5 Å². The summed E-state index contributed by atoms with van der Waals surface area (Å²) in [6.45, 7) is 2.00. The lowest BCUT2D eigenvalue weighted by atomic mass is 10.1. The van der Waals surface area contributed by atoms with Crippen LogP contribution in [-0.2, 0) is 6.61 Å². The first-order valence-corrected chi connectivity index (χ1v) is 8.64. The molecule has 3 aromatic rings. The average molecular weight is 366 g/mol. The third kappa shape index (κ3) is 4.65. The van der Waals surface area contributed by atoms with Crippen molar-refractivity contribution in [1.82, 2.24) is 4.98 Å². The van der Waals surface area contributed by atoms with E-state index in [2.05, 4.69) is 15.5 Å². The highest BCUT2D eigenvalue weighted by Gasteiger charge is 2.05. The number of rotatable bonds is 6. The van der Waals surface area contributed by atoms with Gasteiger partial charge in [0.05, 0.1) is 23.5 Å². The van der Waals surface area contributed by atoms with E-state index in [1.807, 2.05) is 30.5 Å². The van der Waals surface area contributed by atoms with E-state index in [1.54, 1.807) is 30.5 Å². The molecule has 0 aliphatic heterocycles. The van der Waals surface area contributed by atoms with Gasteiger partial charge in [-0.1, -0.05) is 18.2 Å². The fourth-order valence-corrected chi connectivity index (χ4v) is 2.78. The minimum absolute atomic E-state index is 0.0782. The Kier molecular flexibility index (Phi) is 5.56. The molecule has 0 saturated carbocycles. The summed E-state index contributed by atoms with van der Waals surface area (Å²) < 4.78 is 19.5. The highest BCUT2D eigenvalue weighted by atomic mass is 32.1. The summed E-state index contributed by atoms with van der Waals surface area (Å²) in [6.07, 6.45) is 1.66. The number of hydrogen-bond donors (Lipinski definition) is 1. The van der Waals surface area contributed by atoms with Gasteiger partial charge in [0.15, 0.2) is 0 Å². The van der Waals surface area contributed by atoms with Crippen molar-refractivity contribution in [2.24, 2.45) is 5.10 Å². The van der Waals surface area contributed by atoms with E-state index < -0.39 is 5.82 Å². The van der Waals surface area contributed by atoms with Gasteiger partial charge < -0.3 is 4.74 Å². The van der Waals surface area contributed by atoms with Crippen molar-refractivity contribution in [3.05, 3.63) is 76.0 Å². The normalized spacial score (nSPS) is 10.7. The molecular formula is C19H15FN4OS. The van der Waals surface area contributed by atoms with Crippen LogP contribution in [-0.4, -0.2) is 11.2 Å². The molecule has 5 nitrogen and oxygen atoms in total. The predicted molar refractivity (Wildman–Crippen MR) is 100.0 cm³/mol. The molecule has 0 aliphatic carbocycles. The van der Waals surface area contributed by atoms with E-state index in [4.69, 9.17) is 10.00 Å². The molecule has 0 unspecified atom stereocenters. The zero-order valence-corrected chi connectivity index (χ0v) is 14.8. The zero-order chi connectivity index (χ0) is 18.4. The van der Waals surface area contributed by atoms with Crippen molar-refractivity contribution >= 4 is 22.7 Å². The number of halogens is 1. The first-order chi connectivity index (χ1) is 12.6. The molecule has 0 spiro atoms. The largest absolute Gasteiger partial charge is 0.489 e. The fourth-order valence-electron chi connectivity index (χ4n) is 2.15. The molecule has 0 saturated heterocycles. The van der Waals surface area contributed by atoms with E-state index >= 15 is 0 Å². The number of ether oxygens (including phenoxy) is 1. The summed E-state index contributed by atoms with van der Waals surface area (Å²) in [7, 11) is 0. The van der Waals surface area contributed by atoms with Gasteiger partial charge in [-0.15, -0.1) is 11.3 Å². The van der Waals surface area contributed by atoms with Crippen LogP contribution >= 0.6 is 11.3 Å². The van der Waals surface area contributed by atoms with E-state index in [-0.39, 0.29) is 12.2 Å². The maximum Gasteiger partial charge on any atom is 0.203 e. The van der Waals surface area contributed by atoms with Crippen LogP contribution < -0.4 is 10.2 Å². The fraction of sp³-hybridized carbons (Fsp3) is 0.105. The lowest BCUT2D eigenvalue weighted by molar-refractivity contribution is 0.300. The highest BCUT2D eigenvalue weighted by molar-refractivity contribution is 7.13. The third-order valence-electron chi connectivity index (χ3n) is 3.43. The minimum atomic E-state index is -0.454. The second kappa shape index (κ2) is 8.23. The van der Waals surface area contributed by atoms with Crippen molar-refractivity contribution in [3.63, 3.8) is 0 Å². The first kappa shape index (κ1) is 17.6. The molecule has 7 heteroatoms. The molecular weight excluding hydrogens is 351 g/mol. The van der Waals surface area contributed by atoms with E-state index in [1.165, 1.54) is 17.4 Å². The second-order valence-electron chi connectivity index (χ2n) is 5.44. The van der Waals surface area contributed by atoms with Gasteiger partial charge in [-0.25, -0.2) is 9.37 Å². The molecule has 1 N–H and O–H groups in total. The molecule has 0 atom stereocenters. The van der Waals surface area contributed by atoms with Crippen LogP contribution in [0.15, 0.2) is 52.9 Å². The Bertz CT molecular complexity index is 978. The number of hydrogen-bond acceptors (Lipinski definition) is 6. The standard InChI is InChI=1S/C19H15FN4OS/c1-13-12-26-19(23-13)24-22-10-15-3-2-4-17(7-15)25-11-16-6-5-14(9-21)8-18(16)20/h2-8,10,12H,11H2,1H3,(H,23,24). The smallest absolute Gasteiger partial charge is 0.203 e. The number of benzene rings is 2. The Morgan fingerprint density at radius 3 is 2.96 bits per heavy atom. The van der Waals surface area contributed by atoms with E-state index in [0.717, 1.165) is 16.4 Å². The quantitative estimate of drug-likeness (QED) is 0.515.